The summed E-state index contributed by atoms with van der Waals surface area (Å²) >= 11 is 6.09. The molecule has 2 heterocycles. The Bertz CT molecular complexity index is 1160. The van der Waals surface area contributed by atoms with Crippen LogP contribution in [0.1, 0.15) is 28.5 Å². The van der Waals surface area contributed by atoms with Crippen LogP contribution in [0.4, 0.5) is 5.69 Å². The van der Waals surface area contributed by atoms with E-state index in [1.807, 2.05) is 62.4 Å². The zero-order valence-electron chi connectivity index (χ0n) is 18.3. The number of amides is 1. The number of esters is 1. The molecular formula is C25H26ClN3O3. The van der Waals surface area contributed by atoms with Crippen molar-refractivity contribution in [1.82, 2.24) is 9.88 Å². The summed E-state index contributed by atoms with van der Waals surface area (Å²) in [6.07, 6.45) is 0.715. The van der Waals surface area contributed by atoms with E-state index in [0.717, 1.165) is 27.8 Å². The molecule has 1 aliphatic heterocycles. The van der Waals surface area contributed by atoms with Crippen LogP contribution in [0.25, 0.3) is 10.9 Å². The van der Waals surface area contributed by atoms with Crippen molar-refractivity contribution in [2.24, 2.45) is 0 Å². The molecule has 0 aliphatic carbocycles. The first-order valence-corrected chi connectivity index (χ1v) is 11.2. The summed E-state index contributed by atoms with van der Waals surface area (Å²) < 4.78 is 5.47. The fourth-order valence-corrected chi connectivity index (χ4v) is 4.33. The van der Waals surface area contributed by atoms with Crippen LogP contribution in [0.5, 0.6) is 0 Å². The van der Waals surface area contributed by atoms with Gasteiger partial charge in [0.25, 0.3) is 5.91 Å². The lowest BCUT2D eigenvalue weighted by Gasteiger charge is -2.36. The molecule has 2 aromatic carbocycles. The van der Waals surface area contributed by atoms with Crippen molar-refractivity contribution >= 4 is 40.1 Å². The SMILES string of the molecule is CCc1nc2ccccc2c(C(=O)OCC(=O)N2CCN(c3cccc(Cl)c3)CC2)c1C. The molecule has 3 aromatic rings. The first kappa shape index (κ1) is 22.1. The van der Waals surface area contributed by atoms with Crippen LogP contribution in [0, 0.1) is 6.92 Å². The second kappa shape index (κ2) is 9.57. The zero-order chi connectivity index (χ0) is 22.7. The van der Waals surface area contributed by atoms with Gasteiger partial charge in [0.2, 0.25) is 0 Å². The number of carbonyl (C=O) groups excluding carboxylic acids is 2. The Morgan fingerprint density at radius 3 is 2.53 bits per heavy atom. The minimum atomic E-state index is -0.485. The number of hydrogen-bond acceptors (Lipinski definition) is 5. The molecule has 0 radical (unpaired) electrons. The Hall–Kier alpha value is -3.12. The monoisotopic (exact) mass is 451 g/mol. The largest absolute Gasteiger partial charge is 0.452 e. The molecule has 0 bridgehead atoms. The number of fused-ring (bicyclic) bond motifs is 1. The second-order valence-corrected chi connectivity index (χ2v) is 8.29. The van der Waals surface area contributed by atoms with Gasteiger partial charge >= 0.3 is 5.97 Å². The average molecular weight is 452 g/mol. The Morgan fingerprint density at radius 2 is 1.81 bits per heavy atom. The van der Waals surface area contributed by atoms with Gasteiger partial charge in [-0.05, 0) is 43.2 Å². The molecule has 0 saturated carbocycles. The van der Waals surface area contributed by atoms with Gasteiger partial charge in [-0.3, -0.25) is 9.78 Å². The number of benzene rings is 2. The molecule has 0 spiro atoms. The summed E-state index contributed by atoms with van der Waals surface area (Å²) in [7, 11) is 0. The molecule has 1 fully saturated rings. The van der Waals surface area contributed by atoms with E-state index >= 15 is 0 Å². The van der Waals surface area contributed by atoms with Gasteiger partial charge in [0.1, 0.15) is 0 Å². The predicted molar refractivity (Wildman–Crippen MR) is 126 cm³/mol. The number of pyridine rings is 1. The van der Waals surface area contributed by atoms with Crippen LogP contribution in [0.15, 0.2) is 48.5 Å². The number of aromatic nitrogens is 1. The van der Waals surface area contributed by atoms with E-state index in [9.17, 15) is 9.59 Å². The van der Waals surface area contributed by atoms with Crippen LogP contribution in [-0.4, -0.2) is 54.5 Å². The van der Waals surface area contributed by atoms with E-state index in [1.54, 1.807) is 4.90 Å². The van der Waals surface area contributed by atoms with Gasteiger partial charge in [0.05, 0.1) is 11.1 Å². The van der Waals surface area contributed by atoms with E-state index in [1.165, 1.54) is 0 Å². The lowest BCUT2D eigenvalue weighted by atomic mass is 10.0. The van der Waals surface area contributed by atoms with Gasteiger partial charge in [-0.2, -0.15) is 0 Å². The molecule has 166 valence electrons. The predicted octanol–water partition coefficient (Wildman–Crippen LogP) is 4.26. The highest BCUT2D eigenvalue weighted by molar-refractivity contribution is 6.30. The number of anilines is 1. The van der Waals surface area contributed by atoms with E-state index in [2.05, 4.69) is 9.88 Å². The van der Waals surface area contributed by atoms with Gasteiger partial charge in [-0.25, -0.2) is 4.79 Å². The molecule has 0 unspecified atom stereocenters. The van der Waals surface area contributed by atoms with E-state index in [4.69, 9.17) is 16.3 Å². The van der Waals surface area contributed by atoms with Gasteiger partial charge in [-0.1, -0.05) is 42.8 Å². The number of rotatable bonds is 5. The van der Waals surface area contributed by atoms with Crippen molar-refractivity contribution in [3.05, 3.63) is 70.4 Å². The maximum atomic E-state index is 13.0. The average Bonchev–Trinajstić information content (AvgIpc) is 2.82. The molecule has 32 heavy (non-hydrogen) atoms. The number of halogens is 1. The van der Waals surface area contributed by atoms with Crippen LogP contribution in [0.2, 0.25) is 5.02 Å². The van der Waals surface area contributed by atoms with Crippen molar-refractivity contribution < 1.29 is 14.3 Å². The molecule has 6 nitrogen and oxygen atoms in total. The molecular weight excluding hydrogens is 426 g/mol. The molecule has 4 rings (SSSR count). The standard InChI is InChI=1S/C25H26ClN3O3/c1-3-21-17(2)24(20-9-4-5-10-22(20)27-21)25(31)32-16-23(30)29-13-11-28(12-14-29)19-8-6-7-18(26)15-19/h4-10,15H,3,11-14,16H2,1-2H3. The molecule has 1 aliphatic rings. The van der Waals surface area contributed by atoms with Crippen molar-refractivity contribution in [2.75, 3.05) is 37.7 Å². The number of piperazine rings is 1. The topological polar surface area (TPSA) is 62.7 Å². The summed E-state index contributed by atoms with van der Waals surface area (Å²) in [4.78, 5) is 34.2. The van der Waals surface area contributed by atoms with E-state index < -0.39 is 5.97 Å². The number of carbonyl (C=O) groups is 2. The molecule has 7 heteroatoms. The Labute approximate surface area is 192 Å². The third-order valence-corrected chi connectivity index (χ3v) is 6.14. The van der Waals surface area contributed by atoms with Crippen molar-refractivity contribution in [1.29, 1.82) is 0 Å². The second-order valence-electron chi connectivity index (χ2n) is 7.85. The fraction of sp³-hybridized carbons (Fsp3) is 0.320. The lowest BCUT2D eigenvalue weighted by molar-refractivity contribution is -0.134. The Kier molecular flexibility index (Phi) is 6.61. The normalized spacial score (nSPS) is 14.0. The van der Waals surface area contributed by atoms with Crippen LogP contribution >= 0.6 is 11.6 Å². The van der Waals surface area contributed by atoms with Crippen molar-refractivity contribution in [3.8, 4) is 0 Å². The minimum Gasteiger partial charge on any atom is -0.452 e. The molecule has 1 saturated heterocycles. The number of aryl methyl sites for hydroxylation is 1. The number of para-hydroxylation sites is 1. The highest BCUT2D eigenvalue weighted by atomic mass is 35.5. The number of nitrogens with zero attached hydrogens (tertiary/aromatic N) is 3. The first-order chi connectivity index (χ1) is 15.5. The number of ether oxygens (including phenoxy) is 1. The number of hydrogen-bond donors (Lipinski definition) is 0. The smallest absolute Gasteiger partial charge is 0.339 e. The van der Waals surface area contributed by atoms with Crippen molar-refractivity contribution in [2.45, 2.75) is 20.3 Å². The van der Waals surface area contributed by atoms with Crippen molar-refractivity contribution in [3.63, 3.8) is 0 Å². The summed E-state index contributed by atoms with van der Waals surface area (Å²) in [5.74, 6) is -0.669. The fourth-order valence-electron chi connectivity index (χ4n) is 4.14. The van der Waals surface area contributed by atoms with E-state index in [-0.39, 0.29) is 12.5 Å². The summed E-state index contributed by atoms with van der Waals surface area (Å²) in [6, 6.07) is 15.2. The summed E-state index contributed by atoms with van der Waals surface area (Å²) in [6.45, 7) is 6.16. The molecule has 0 atom stereocenters. The quantitative estimate of drug-likeness (QED) is 0.542. The lowest BCUT2D eigenvalue weighted by Crippen LogP contribution is -2.49. The highest BCUT2D eigenvalue weighted by Crippen LogP contribution is 2.25. The van der Waals surface area contributed by atoms with Crippen LogP contribution in [-0.2, 0) is 16.0 Å². The van der Waals surface area contributed by atoms with E-state index in [0.29, 0.717) is 43.2 Å². The molecule has 1 aromatic heterocycles. The minimum absolute atomic E-state index is 0.184. The summed E-state index contributed by atoms with van der Waals surface area (Å²) in [5.41, 5.74) is 3.96. The third kappa shape index (κ3) is 4.55. The zero-order valence-corrected chi connectivity index (χ0v) is 19.1. The van der Waals surface area contributed by atoms with Gasteiger partial charge < -0.3 is 14.5 Å². The molecule has 0 N–H and O–H groups in total. The first-order valence-electron chi connectivity index (χ1n) is 10.8. The van der Waals surface area contributed by atoms with Crippen LogP contribution in [0.3, 0.4) is 0 Å². The maximum Gasteiger partial charge on any atom is 0.339 e. The summed E-state index contributed by atoms with van der Waals surface area (Å²) in [5, 5.41) is 1.44. The Balaban J connectivity index is 1.40. The highest BCUT2D eigenvalue weighted by Gasteiger charge is 2.24. The Morgan fingerprint density at radius 1 is 1.06 bits per heavy atom. The van der Waals surface area contributed by atoms with Gasteiger partial charge in [-0.15, -0.1) is 0 Å². The molecule has 1 amide bonds. The van der Waals surface area contributed by atoms with Gasteiger partial charge in [0, 0.05) is 48.0 Å². The third-order valence-electron chi connectivity index (χ3n) is 5.91. The maximum absolute atomic E-state index is 13.0. The van der Waals surface area contributed by atoms with Gasteiger partial charge in [0.15, 0.2) is 6.61 Å². The van der Waals surface area contributed by atoms with Crippen LogP contribution < -0.4 is 4.90 Å².